The SMILES string of the molecule is CC1(C)c2cc(-c3ccc4c(c3)c3cccc5c6ccccc6c(=O)n4c53)ccc2-c2c(-n3c4ccccc4c4cc5c(cc43)sc3ccccc35)cccc21. The fourth-order valence-electron chi connectivity index (χ4n) is 10.3. The fraction of sp³-hybridized carbons (Fsp3) is 0.0577. The number of nitrogens with zero attached hydrogens (tertiary/aromatic N) is 2. The number of aromatic nitrogens is 2. The highest BCUT2D eigenvalue weighted by atomic mass is 32.1. The third kappa shape index (κ3) is 3.75. The second kappa shape index (κ2) is 10.5. The molecule has 0 aliphatic heterocycles. The minimum Gasteiger partial charge on any atom is -0.309 e. The minimum absolute atomic E-state index is 0.0383. The minimum atomic E-state index is -0.208. The van der Waals surface area contributed by atoms with Crippen LogP contribution in [-0.4, -0.2) is 8.97 Å². The van der Waals surface area contributed by atoms with Crippen LogP contribution in [0.5, 0.6) is 0 Å². The number of hydrogen-bond donors (Lipinski definition) is 0. The zero-order valence-corrected chi connectivity index (χ0v) is 31.5. The van der Waals surface area contributed by atoms with Crippen LogP contribution in [0.1, 0.15) is 25.0 Å². The van der Waals surface area contributed by atoms with Gasteiger partial charge in [0, 0.05) is 63.5 Å². The highest BCUT2D eigenvalue weighted by Gasteiger charge is 2.38. The van der Waals surface area contributed by atoms with Crippen molar-refractivity contribution in [2.24, 2.45) is 0 Å². The molecule has 0 fully saturated rings. The molecule has 262 valence electrons. The normalized spacial score (nSPS) is 13.8. The topological polar surface area (TPSA) is 26.4 Å². The van der Waals surface area contributed by atoms with Gasteiger partial charge in [0.1, 0.15) is 0 Å². The Morgan fingerprint density at radius 2 is 1.14 bits per heavy atom. The summed E-state index contributed by atoms with van der Waals surface area (Å²) in [5.74, 6) is 0. The molecule has 0 N–H and O–H groups in total. The molecule has 8 aromatic carbocycles. The van der Waals surface area contributed by atoms with Gasteiger partial charge in [-0.15, -0.1) is 11.3 Å². The maximum absolute atomic E-state index is 13.9. The van der Waals surface area contributed by atoms with Gasteiger partial charge in [0.15, 0.2) is 0 Å². The van der Waals surface area contributed by atoms with Gasteiger partial charge in [0.2, 0.25) is 0 Å². The molecule has 0 amide bonds. The monoisotopic (exact) mass is 732 g/mol. The van der Waals surface area contributed by atoms with Crippen LogP contribution in [0.25, 0.3) is 108 Å². The van der Waals surface area contributed by atoms with E-state index in [1.807, 2.05) is 33.9 Å². The summed E-state index contributed by atoms with van der Waals surface area (Å²) in [6.07, 6.45) is 0. The Kier molecular flexibility index (Phi) is 5.73. The van der Waals surface area contributed by atoms with Crippen LogP contribution in [-0.2, 0) is 5.41 Å². The van der Waals surface area contributed by atoms with Crippen molar-refractivity contribution in [1.82, 2.24) is 8.97 Å². The lowest BCUT2D eigenvalue weighted by Gasteiger charge is -2.22. The Morgan fingerprint density at radius 3 is 2.02 bits per heavy atom. The highest BCUT2D eigenvalue weighted by Crippen LogP contribution is 2.53. The number of pyridine rings is 1. The first-order chi connectivity index (χ1) is 27.5. The first kappa shape index (κ1) is 30.6. The number of fused-ring (bicyclic) bond motifs is 14. The smallest absolute Gasteiger partial charge is 0.263 e. The number of rotatable bonds is 2. The zero-order chi connectivity index (χ0) is 37.0. The van der Waals surface area contributed by atoms with E-state index in [0.717, 1.165) is 43.5 Å². The molecule has 4 heterocycles. The maximum atomic E-state index is 13.9. The molecular weight excluding hydrogens is 701 g/mol. The van der Waals surface area contributed by atoms with Gasteiger partial charge in [-0.1, -0.05) is 117 Å². The molecule has 0 spiro atoms. The lowest BCUT2D eigenvalue weighted by atomic mass is 9.81. The molecule has 0 unspecified atom stereocenters. The van der Waals surface area contributed by atoms with Crippen LogP contribution in [0, 0.1) is 0 Å². The van der Waals surface area contributed by atoms with Gasteiger partial charge in [0.25, 0.3) is 5.56 Å². The molecule has 0 radical (unpaired) electrons. The van der Waals surface area contributed by atoms with Gasteiger partial charge >= 0.3 is 0 Å². The molecule has 0 saturated heterocycles. The Balaban J connectivity index is 1.02. The zero-order valence-electron chi connectivity index (χ0n) is 30.7. The summed E-state index contributed by atoms with van der Waals surface area (Å²) >= 11 is 1.88. The molecule has 0 saturated carbocycles. The van der Waals surface area contributed by atoms with E-state index in [-0.39, 0.29) is 11.0 Å². The van der Waals surface area contributed by atoms with E-state index >= 15 is 0 Å². The van der Waals surface area contributed by atoms with E-state index in [4.69, 9.17) is 0 Å². The molecule has 1 aliphatic rings. The first-order valence-electron chi connectivity index (χ1n) is 19.3. The third-order valence-electron chi connectivity index (χ3n) is 12.9. The van der Waals surface area contributed by atoms with Gasteiger partial charge < -0.3 is 4.57 Å². The Hall–Kier alpha value is -6.75. The number of thiophene rings is 1. The van der Waals surface area contributed by atoms with Crippen molar-refractivity contribution in [2.45, 2.75) is 19.3 Å². The third-order valence-corrected chi connectivity index (χ3v) is 14.0. The molecule has 1 aliphatic carbocycles. The van der Waals surface area contributed by atoms with Gasteiger partial charge in [-0.25, -0.2) is 0 Å². The average Bonchev–Trinajstić information content (AvgIpc) is 3.94. The van der Waals surface area contributed by atoms with Gasteiger partial charge in [-0.05, 0) is 87.8 Å². The standard InChI is InChI=1S/C52H32N2OS/c1-52(2)41-17-10-19-45(53-43-18-7-5-12-32(43)39-27-40-33-13-6-8-20-47(33)56-48(40)28-46(39)53)49(41)37-23-21-30(26-42(37)52)29-22-24-44-38(25-29)35-16-9-15-34-31-11-3-4-14-36(31)51(55)54(44)50(34)35/h3-28H,1-2H3. The first-order valence-corrected chi connectivity index (χ1v) is 20.1. The average molecular weight is 733 g/mol. The van der Waals surface area contributed by atoms with Crippen molar-refractivity contribution in [3.63, 3.8) is 0 Å². The van der Waals surface area contributed by atoms with Crippen LogP contribution >= 0.6 is 11.3 Å². The van der Waals surface area contributed by atoms with Gasteiger partial charge in [-0.3, -0.25) is 9.20 Å². The molecule has 3 nitrogen and oxygen atoms in total. The summed E-state index contributed by atoms with van der Waals surface area (Å²) in [6, 6.07) is 57.4. The summed E-state index contributed by atoms with van der Waals surface area (Å²) in [5, 5.41) is 10.3. The summed E-state index contributed by atoms with van der Waals surface area (Å²) in [7, 11) is 0. The van der Waals surface area contributed by atoms with Crippen LogP contribution in [0.3, 0.4) is 0 Å². The molecular formula is C52H32N2OS. The summed E-state index contributed by atoms with van der Waals surface area (Å²) < 4.78 is 7.07. The highest BCUT2D eigenvalue weighted by molar-refractivity contribution is 7.25. The summed E-state index contributed by atoms with van der Waals surface area (Å²) in [4.78, 5) is 13.9. The Bertz CT molecular complexity index is 3760. The molecule has 12 aromatic rings. The van der Waals surface area contributed by atoms with Crippen molar-refractivity contribution in [3.05, 3.63) is 179 Å². The van der Waals surface area contributed by atoms with E-state index < -0.39 is 0 Å². The van der Waals surface area contributed by atoms with E-state index in [2.05, 4.69) is 158 Å². The largest absolute Gasteiger partial charge is 0.309 e. The quantitative estimate of drug-likeness (QED) is 0.163. The van der Waals surface area contributed by atoms with E-state index in [1.54, 1.807) is 0 Å². The van der Waals surface area contributed by atoms with Crippen molar-refractivity contribution < 1.29 is 0 Å². The van der Waals surface area contributed by atoms with Crippen molar-refractivity contribution in [3.8, 4) is 27.9 Å². The molecule has 56 heavy (non-hydrogen) atoms. The lowest BCUT2D eigenvalue weighted by molar-refractivity contribution is 0.660. The molecule has 4 heteroatoms. The van der Waals surface area contributed by atoms with Crippen molar-refractivity contribution in [2.75, 3.05) is 0 Å². The van der Waals surface area contributed by atoms with E-state index in [9.17, 15) is 4.79 Å². The van der Waals surface area contributed by atoms with Crippen LogP contribution in [0.15, 0.2) is 163 Å². The van der Waals surface area contributed by atoms with Crippen LogP contribution < -0.4 is 5.56 Å². The van der Waals surface area contributed by atoms with Crippen molar-refractivity contribution >= 4 is 91.3 Å². The predicted molar refractivity (Wildman–Crippen MR) is 238 cm³/mol. The second-order valence-electron chi connectivity index (χ2n) is 16.0. The second-order valence-corrected chi connectivity index (χ2v) is 17.1. The fourth-order valence-corrected chi connectivity index (χ4v) is 11.4. The van der Waals surface area contributed by atoms with Crippen LogP contribution in [0.4, 0.5) is 0 Å². The summed E-state index contributed by atoms with van der Waals surface area (Å²) in [6.45, 7) is 4.74. The Morgan fingerprint density at radius 1 is 0.464 bits per heavy atom. The maximum Gasteiger partial charge on any atom is 0.263 e. The lowest BCUT2D eigenvalue weighted by Crippen LogP contribution is -2.15. The number of hydrogen-bond acceptors (Lipinski definition) is 2. The molecule has 4 aromatic heterocycles. The van der Waals surface area contributed by atoms with Crippen molar-refractivity contribution in [1.29, 1.82) is 0 Å². The van der Waals surface area contributed by atoms with Gasteiger partial charge in [0.05, 0.1) is 27.8 Å². The van der Waals surface area contributed by atoms with E-state index in [1.165, 1.54) is 75.5 Å². The van der Waals surface area contributed by atoms with E-state index in [0.29, 0.717) is 0 Å². The predicted octanol–water partition coefficient (Wildman–Crippen LogP) is 13.6. The Labute approximate surface area is 325 Å². The molecule has 0 atom stereocenters. The summed E-state index contributed by atoms with van der Waals surface area (Å²) in [5.41, 5.74) is 13.1. The molecule has 0 bridgehead atoms. The number of benzene rings is 8. The van der Waals surface area contributed by atoms with Gasteiger partial charge in [-0.2, -0.15) is 0 Å². The molecule has 13 rings (SSSR count). The number of para-hydroxylation sites is 2. The van der Waals surface area contributed by atoms with Crippen LogP contribution in [0.2, 0.25) is 0 Å².